The quantitative estimate of drug-likeness (QED) is 0.338. The zero-order valence-electron chi connectivity index (χ0n) is 13.6. The monoisotopic (exact) mass is 327 g/mol. The van der Waals surface area contributed by atoms with Crippen LogP contribution in [0.1, 0.15) is 17.5 Å². The topological polar surface area (TPSA) is 67.8 Å². The van der Waals surface area contributed by atoms with Crippen molar-refractivity contribution in [2.24, 2.45) is 0 Å². The van der Waals surface area contributed by atoms with Crippen LogP contribution in [0.25, 0.3) is 6.08 Å². The molecule has 0 radical (unpaired) electrons. The van der Waals surface area contributed by atoms with Crippen molar-refractivity contribution in [3.63, 3.8) is 0 Å². The molecule has 2 aromatic carbocycles. The Morgan fingerprint density at radius 2 is 1.75 bits per heavy atom. The van der Waals surface area contributed by atoms with Crippen molar-refractivity contribution in [2.45, 2.75) is 12.8 Å². The van der Waals surface area contributed by atoms with E-state index in [9.17, 15) is 4.79 Å². The molecule has 1 amide bonds. The second-order valence-electron chi connectivity index (χ2n) is 5.18. The lowest BCUT2D eigenvalue weighted by molar-refractivity contribution is -0.124. The van der Waals surface area contributed by atoms with Gasteiger partial charge in [-0.3, -0.25) is 10.0 Å². The molecule has 0 unspecified atom stereocenters. The second kappa shape index (κ2) is 9.37. The number of rotatable bonds is 8. The third kappa shape index (κ3) is 5.78. The molecule has 0 aromatic heterocycles. The van der Waals surface area contributed by atoms with E-state index in [1.165, 1.54) is 11.6 Å². The van der Waals surface area contributed by atoms with Crippen LogP contribution < -0.4 is 15.0 Å². The molecule has 0 spiro atoms. The Bertz CT molecular complexity index is 663. The van der Waals surface area contributed by atoms with Crippen LogP contribution in [0.15, 0.2) is 54.6 Å². The minimum absolute atomic E-state index is 0.561. The normalized spacial score (nSPS) is 10.6. The number of ether oxygens (including phenoxy) is 2. The van der Waals surface area contributed by atoms with E-state index < -0.39 is 5.91 Å². The highest BCUT2D eigenvalue weighted by atomic mass is 16.5. The summed E-state index contributed by atoms with van der Waals surface area (Å²) in [4.78, 5) is 10.9. The van der Waals surface area contributed by atoms with E-state index in [0.29, 0.717) is 6.61 Å². The Hall–Kier alpha value is -2.79. The van der Waals surface area contributed by atoms with E-state index in [1.807, 2.05) is 36.4 Å². The molecule has 0 saturated heterocycles. The van der Waals surface area contributed by atoms with Gasteiger partial charge in [0.25, 0.3) is 5.91 Å². The molecule has 0 bridgehead atoms. The number of aryl methyl sites for hydroxylation is 1. The summed E-state index contributed by atoms with van der Waals surface area (Å²) >= 11 is 0. The number of benzene rings is 2. The molecule has 0 atom stereocenters. The smallest absolute Gasteiger partial charge is 0.267 e. The van der Waals surface area contributed by atoms with E-state index >= 15 is 0 Å². The zero-order chi connectivity index (χ0) is 17.2. The highest BCUT2D eigenvalue weighted by molar-refractivity contribution is 5.90. The maximum atomic E-state index is 10.9. The van der Waals surface area contributed by atoms with Gasteiger partial charge in [0.1, 0.15) is 11.5 Å². The lowest BCUT2D eigenvalue weighted by Crippen LogP contribution is -2.14. The summed E-state index contributed by atoms with van der Waals surface area (Å²) in [6, 6.07) is 15.4. The predicted molar refractivity (Wildman–Crippen MR) is 92.2 cm³/mol. The predicted octanol–water partition coefficient (Wildman–Crippen LogP) is 3.23. The van der Waals surface area contributed by atoms with Crippen LogP contribution in [0.3, 0.4) is 0 Å². The van der Waals surface area contributed by atoms with Gasteiger partial charge < -0.3 is 9.47 Å². The number of carbonyl (C=O) groups excluding carboxylic acids is 1. The second-order valence-corrected chi connectivity index (χ2v) is 5.18. The van der Waals surface area contributed by atoms with Crippen LogP contribution >= 0.6 is 0 Å². The zero-order valence-corrected chi connectivity index (χ0v) is 13.6. The van der Waals surface area contributed by atoms with E-state index in [0.717, 1.165) is 29.9 Å². The fourth-order valence-corrected chi connectivity index (χ4v) is 2.14. The van der Waals surface area contributed by atoms with Crippen molar-refractivity contribution in [3.8, 4) is 11.5 Å². The molecule has 5 heteroatoms. The third-order valence-corrected chi connectivity index (χ3v) is 3.46. The molecule has 0 heterocycles. The lowest BCUT2D eigenvalue weighted by Gasteiger charge is -2.07. The molecule has 5 nitrogen and oxygen atoms in total. The van der Waals surface area contributed by atoms with E-state index in [1.54, 1.807) is 18.7 Å². The standard InChI is InChI=1S/C19H21NO4/c1-23-17-9-4-15(5-10-17)3-2-14-24-18-11-6-16(7-12-18)8-13-19(21)20-22/h4-13,22H,2-3,14H2,1H3,(H,20,21)/b13-8+. The van der Waals surface area contributed by atoms with E-state index in [2.05, 4.69) is 12.1 Å². The summed E-state index contributed by atoms with van der Waals surface area (Å²) in [7, 11) is 1.66. The highest BCUT2D eigenvalue weighted by Crippen LogP contribution is 2.15. The Balaban J connectivity index is 1.74. The van der Waals surface area contributed by atoms with Gasteiger partial charge in [-0.05, 0) is 54.3 Å². The first kappa shape index (κ1) is 17.6. The Morgan fingerprint density at radius 1 is 1.08 bits per heavy atom. The molecule has 0 aliphatic carbocycles. The summed E-state index contributed by atoms with van der Waals surface area (Å²) in [5.41, 5.74) is 3.65. The van der Waals surface area contributed by atoms with Gasteiger partial charge in [0.2, 0.25) is 0 Å². The molecule has 0 fully saturated rings. The molecular formula is C19H21NO4. The average molecular weight is 327 g/mol. The SMILES string of the molecule is COc1ccc(CCCOc2ccc(/C=C/C(=O)NO)cc2)cc1. The van der Waals surface area contributed by atoms with Gasteiger partial charge in [-0.15, -0.1) is 0 Å². The number of amides is 1. The molecule has 0 saturated carbocycles. The van der Waals surface area contributed by atoms with Gasteiger partial charge in [0.05, 0.1) is 13.7 Å². The third-order valence-electron chi connectivity index (χ3n) is 3.46. The summed E-state index contributed by atoms with van der Waals surface area (Å²) in [5, 5.41) is 8.41. The number of nitrogens with one attached hydrogen (secondary N) is 1. The van der Waals surface area contributed by atoms with Gasteiger partial charge in [-0.2, -0.15) is 0 Å². The first-order chi connectivity index (χ1) is 11.7. The van der Waals surface area contributed by atoms with Crippen molar-refractivity contribution in [1.29, 1.82) is 0 Å². The van der Waals surface area contributed by atoms with Gasteiger partial charge in [-0.1, -0.05) is 24.3 Å². The maximum Gasteiger partial charge on any atom is 0.267 e. The summed E-state index contributed by atoms with van der Waals surface area (Å²) < 4.78 is 10.8. The van der Waals surface area contributed by atoms with Crippen LogP contribution in [-0.2, 0) is 11.2 Å². The van der Waals surface area contributed by atoms with Gasteiger partial charge >= 0.3 is 0 Å². The van der Waals surface area contributed by atoms with Crippen LogP contribution in [0.2, 0.25) is 0 Å². The maximum absolute atomic E-state index is 10.9. The number of hydroxylamine groups is 1. The van der Waals surface area contributed by atoms with Crippen molar-refractivity contribution >= 4 is 12.0 Å². The minimum Gasteiger partial charge on any atom is -0.497 e. The molecule has 2 aromatic rings. The van der Waals surface area contributed by atoms with Crippen LogP contribution in [-0.4, -0.2) is 24.8 Å². The summed E-state index contributed by atoms with van der Waals surface area (Å²) in [5.74, 6) is 1.09. The van der Waals surface area contributed by atoms with Crippen molar-refractivity contribution in [3.05, 3.63) is 65.7 Å². The summed E-state index contributed by atoms with van der Waals surface area (Å²) in [6.07, 6.45) is 4.73. The van der Waals surface area contributed by atoms with Crippen molar-refractivity contribution in [1.82, 2.24) is 5.48 Å². The summed E-state index contributed by atoms with van der Waals surface area (Å²) in [6.45, 7) is 0.633. The molecule has 2 rings (SSSR count). The molecule has 0 aliphatic heterocycles. The molecular weight excluding hydrogens is 306 g/mol. The number of hydrogen-bond acceptors (Lipinski definition) is 4. The number of methoxy groups -OCH3 is 1. The van der Waals surface area contributed by atoms with Crippen LogP contribution in [0, 0.1) is 0 Å². The largest absolute Gasteiger partial charge is 0.497 e. The van der Waals surface area contributed by atoms with Crippen LogP contribution in [0.4, 0.5) is 0 Å². The lowest BCUT2D eigenvalue weighted by atomic mass is 10.1. The Labute approximate surface area is 141 Å². The fourth-order valence-electron chi connectivity index (χ4n) is 2.14. The highest BCUT2D eigenvalue weighted by Gasteiger charge is 1.98. The first-order valence-electron chi connectivity index (χ1n) is 7.69. The fraction of sp³-hybridized carbons (Fsp3) is 0.211. The average Bonchev–Trinajstić information content (AvgIpc) is 2.64. The van der Waals surface area contributed by atoms with E-state index in [-0.39, 0.29) is 0 Å². The van der Waals surface area contributed by atoms with Crippen LogP contribution in [0.5, 0.6) is 11.5 Å². The first-order valence-corrected chi connectivity index (χ1v) is 7.69. The number of carbonyl (C=O) groups is 1. The van der Waals surface area contributed by atoms with E-state index in [4.69, 9.17) is 14.7 Å². The molecule has 2 N–H and O–H groups in total. The van der Waals surface area contributed by atoms with Gasteiger partial charge in [0.15, 0.2) is 0 Å². The molecule has 126 valence electrons. The van der Waals surface area contributed by atoms with Gasteiger partial charge in [0, 0.05) is 6.08 Å². The Kier molecular flexibility index (Phi) is 6.86. The molecule has 0 aliphatic rings. The number of hydrogen-bond donors (Lipinski definition) is 2. The van der Waals surface area contributed by atoms with Gasteiger partial charge in [-0.25, -0.2) is 5.48 Å². The molecule has 24 heavy (non-hydrogen) atoms. The van der Waals surface area contributed by atoms with Crippen molar-refractivity contribution < 1.29 is 19.5 Å². The van der Waals surface area contributed by atoms with Crippen molar-refractivity contribution in [2.75, 3.05) is 13.7 Å². The minimum atomic E-state index is -0.561. The Morgan fingerprint density at radius 3 is 2.38 bits per heavy atom.